The van der Waals surface area contributed by atoms with Gasteiger partial charge in [-0.3, -0.25) is 4.79 Å². The molecule has 0 fully saturated rings. The number of amides is 1. The molecule has 1 aromatic rings. The second-order valence-corrected chi connectivity index (χ2v) is 4.61. The van der Waals surface area contributed by atoms with Crippen LogP contribution in [0.2, 0.25) is 0 Å². The van der Waals surface area contributed by atoms with Gasteiger partial charge in [0.2, 0.25) is 5.91 Å². The Bertz CT molecular complexity index is 395. The predicted molar refractivity (Wildman–Crippen MR) is 75.5 cm³/mol. The summed E-state index contributed by atoms with van der Waals surface area (Å²) >= 11 is 0. The molecule has 1 rings (SSSR count). The summed E-state index contributed by atoms with van der Waals surface area (Å²) in [5.74, 6) is -0.0614. The third-order valence-electron chi connectivity index (χ3n) is 2.99. The summed E-state index contributed by atoms with van der Waals surface area (Å²) < 4.78 is 13.1. The van der Waals surface area contributed by atoms with Gasteiger partial charge in [0.25, 0.3) is 0 Å². The maximum Gasteiger partial charge on any atom is 0.223 e. The van der Waals surface area contributed by atoms with Gasteiger partial charge in [-0.15, -0.1) is 0 Å². The number of carbonyl (C=O) groups is 1. The minimum Gasteiger partial charge on any atom is -0.342 e. The molecule has 0 aliphatic heterocycles. The molecule has 4 heteroatoms. The van der Waals surface area contributed by atoms with Crippen LogP contribution in [0, 0.1) is 5.82 Å². The lowest BCUT2D eigenvalue weighted by Gasteiger charge is -2.22. The number of nitrogens with zero attached hydrogens (tertiary/aromatic N) is 1. The fourth-order valence-corrected chi connectivity index (χ4v) is 1.98. The second-order valence-electron chi connectivity index (χ2n) is 4.61. The minimum absolute atomic E-state index is 0.160. The molecular formula is C15H23FN2O. The van der Waals surface area contributed by atoms with E-state index in [4.69, 9.17) is 0 Å². The topological polar surface area (TPSA) is 32.3 Å². The molecule has 0 atom stereocenters. The zero-order valence-electron chi connectivity index (χ0n) is 11.8. The standard InChI is InChI=1S/C15H23FN2O/c1-3-10-18(15(19)7-9-17-2)11-8-13-5-4-6-14(16)12-13/h4-6,12,17H,3,7-11H2,1-2H3. The van der Waals surface area contributed by atoms with Crippen molar-refractivity contribution in [3.63, 3.8) is 0 Å². The maximum atomic E-state index is 13.1. The van der Waals surface area contributed by atoms with Crippen molar-refractivity contribution in [1.82, 2.24) is 10.2 Å². The number of rotatable bonds is 8. The predicted octanol–water partition coefficient (Wildman–Crippen LogP) is 2.22. The average molecular weight is 266 g/mol. The molecular weight excluding hydrogens is 243 g/mol. The molecule has 0 saturated carbocycles. The van der Waals surface area contributed by atoms with E-state index in [0.717, 1.165) is 18.5 Å². The average Bonchev–Trinajstić information content (AvgIpc) is 2.41. The van der Waals surface area contributed by atoms with Crippen LogP contribution in [0.3, 0.4) is 0 Å². The van der Waals surface area contributed by atoms with E-state index in [-0.39, 0.29) is 11.7 Å². The Labute approximate surface area is 114 Å². The molecule has 1 N–H and O–H groups in total. The number of hydrogen-bond donors (Lipinski definition) is 1. The van der Waals surface area contributed by atoms with Crippen molar-refractivity contribution in [1.29, 1.82) is 0 Å². The van der Waals surface area contributed by atoms with Crippen LogP contribution in [0.4, 0.5) is 4.39 Å². The van der Waals surface area contributed by atoms with Crippen molar-refractivity contribution >= 4 is 5.91 Å². The first-order valence-electron chi connectivity index (χ1n) is 6.84. The number of hydrogen-bond acceptors (Lipinski definition) is 2. The van der Waals surface area contributed by atoms with Gasteiger partial charge in [0.05, 0.1) is 0 Å². The second kappa shape index (κ2) is 8.64. The molecule has 0 aliphatic carbocycles. The molecule has 19 heavy (non-hydrogen) atoms. The van der Waals surface area contributed by atoms with Crippen molar-refractivity contribution in [2.75, 3.05) is 26.7 Å². The first kappa shape index (κ1) is 15.6. The number of nitrogens with one attached hydrogen (secondary N) is 1. The van der Waals surface area contributed by atoms with Crippen molar-refractivity contribution in [2.24, 2.45) is 0 Å². The molecule has 1 aromatic carbocycles. The third kappa shape index (κ3) is 5.83. The molecule has 3 nitrogen and oxygen atoms in total. The first-order chi connectivity index (χ1) is 9.17. The van der Waals surface area contributed by atoms with E-state index in [2.05, 4.69) is 12.2 Å². The van der Waals surface area contributed by atoms with Crippen molar-refractivity contribution in [3.05, 3.63) is 35.6 Å². The van der Waals surface area contributed by atoms with Crippen LogP contribution in [-0.4, -0.2) is 37.5 Å². The van der Waals surface area contributed by atoms with Gasteiger partial charge in [-0.1, -0.05) is 19.1 Å². The Balaban J connectivity index is 2.51. The van der Waals surface area contributed by atoms with Crippen molar-refractivity contribution in [2.45, 2.75) is 26.2 Å². The summed E-state index contributed by atoms with van der Waals surface area (Å²) in [5, 5.41) is 2.98. The normalized spacial score (nSPS) is 10.5. The lowest BCUT2D eigenvalue weighted by molar-refractivity contribution is -0.131. The van der Waals surface area contributed by atoms with Gasteiger partial charge in [0.1, 0.15) is 5.82 Å². The van der Waals surface area contributed by atoms with Crippen LogP contribution in [-0.2, 0) is 11.2 Å². The summed E-state index contributed by atoms with van der Waals surface area (Å²) in [4.78, 5) is 13.9. The molecule has 0 heterocycles. The van der Waals surface area contributed by atoms with Gasteiger partial charge >= 0.3 is 0 Å². The summed E-state index contributed by atoms with van der Waals surface area (Å²) in [5.41, 5.74) is 0.933. The Morgan fingerprint density at radius 3 is 2.79 bits per heavy atom. The van der Waals surface area contributed by atoms with Crippen LogP contribution in [0.1, 0.15) is 25.3 Å². The monoisotopic (exact) mass is 266 g/mol. The quantitative estimate of drug-likeness (QED) is 0.782. The van der Waals surface area contributed by atoms with Crippen molar-refractivity contribution in [3.8, 4) is 0 Å². The van der Waals surface area contributed by atoms with Gasteiger partial charge < -0.3 is 10.2 Å². The molecule has 0 aromatic heterocycles. The maximum absolute atomic E-state index is 13.1. The lowest BCUT2D eigenvalue weighted by Crippen LogP contribution is -2.35. The van der Waals surface area contributed by atoms with Gasteiger partial charge in [-0.2, -0.15) is 0 Å². The highest BCUT2D eigenvalue weighted by molar-refractivity contribution is 5.76. The zero-order chi connectivity index (χ0) is 14.1. The Hall–Kier alpha value is -1.42. The van der Waals surface area contributed by atoms with E-state index >= 15 is 0 Å². The number of benzene rings is 1. The number of carbonyl (C=O) groups excluding carboxylic acids is 1. The Morgan fingerprint density at radius 2 is 2.16 bits per heavy atom. The Kier molecular flexibility index (Phi) is 7.11. The van der Waals surface area contributed by atoms with Gasteiger partial charge in [-0.05, 0) is 37.6 Å². The molecule has 0 unspecified atom stereocenters. The SMILES string of the molecule is CCCN(CCc1cccc(F)c1)C(=O)CCNC. The fraction of sp³-hybridized carbons (Fsp3) is 0.533. The zero-order valence-corrected chi connectivity index (χ0v) is 11.8. The van der Waals surface area contributed by atoms with Gasteiger partial charge in [-0.25, -0.2) is 4.39 Å². The highest BCUT2D eigenvalue weighted by atomic mass is 19.1. The van der Waals surface area contributed by atoms with E-state index < -0.39 is 0 Å². The van der Waals surface area contributed by atoms with E-state index in [0.29, 0.717) is 25.9 Å². The third-order valence-corrected chi connectivity index (χ3v) is 2.99. The molecule has 0 saturated heterocycles. The first-order valence-corrected chi connectivity index (χ1v) is 6.84. The van der Waals surface area contributed by atoms with Crippen molar-refractivity contribution < 1.29 is 9.18 Å². The molecule has 0 aliphatic rings. The lowest BCUT2D eigenvalue weighted by atomic mass is 10.1. The molecule has 106 valence electrons. The van der Waals surface area contributed by atoms with Crippen LogP contribution < -0.4 is 5.32 Å². The van der Waals surface area contributed by atoms with E-state index in [1.165, 1.54) is 12.1 Å². The molecule has 0 bridgehead atoms. The summed E-state index contributed by atoms with van der Waals surface area (Å²) in [6, 6.07) is 6.57. The van der Waals surface area contributed by atoms with Crippen LogP contribution >= 0.6 is 0 Å². The van der Waals surface area contributed by atoms with Gasteiger partial charge in [0, 0.05) is 26.1 Å². The molecule has 1 amide bonds. The minimum atomic E-state index is -0.221. The van der Waals surface area contributed by atoms with Crippen LogP contribution in [0.15, 0.2) is 24.3 Å². The Morgan fingerprint density at radius 1 is 1.37 bits per heavy atom. The van der Waals surface area contributed by atoms with Gasteiger partial charge in [0.15, 0.2) is 0 Å². The fourth-order valence-electron chi connectivity index (χ4n) is 1.98. The van der Waals surface area contributed by atoms with Crippen LogP contribution in [0.5, 0.6) is 0 Å². The van der Waals surface area contributed by atoms with Crippen LogP contribution in [0.25, 0.3) is 0 Å². The van der Waals surface area contributed by atoms with E-state index in [1.807, 2.05) is 18.0 Å². The summed E-state index contributed by atoms with van der Waals surface area (Å²) in [6.07, 6.45) is 2.15. The molecule has 0 radical (unpaired) electrons. The number of halogens is 1. The summed E-state index contributed by atoms with van der Waals surface area (Å²) in [6.45, 7) is 4.16. The van der Waals surface area contributed by atoms with E-state index in [9.17, 15) is 9.18 Å². The molecule has 0 spiro atoms. The largest absolute Gasteiger partial charge is 0.342 e. The highest BCUT2D eigenvalue weighted by Gasteiger charge is 2.11. The summed E-state index contributed by atoms with van der Waals surface area (Å²) in [7, 11) is 1.84. The highest BCUT2D eigenvalue weighted by Crippen LogP contribution is 2.06. The smallest absolute Gasteiger partial charge is 0.223 e. The van der Waals surface area contributed by atoms with E-state index in [1.54, 1.807) is 6.07 Å².